The lowest BCUT2D eigenvalue weighted by atomic mass is 10.2. The summed E-state index contributed by atoms with van der Waals surface area (Å²) in [6, 6.07) is 10.3. The fraction of sp³-hybridized carbons (Fsp3) is 0.0909. The van der Waals surface area contributed by atoms with Crippen molar-refractivity contribution in [3.8, 4) is 0 Å². The Morgan fingerprint density at radius 1 is 0.929 bits per heavy atom. The fourth-order valence-corrected chi connectivity index (χ4v) is 0.891. The van der Waals surface area contributed by atoms with Crippen molar-refractivity contribution in [2.75, 3.05) is 0 Å². The van der Waals surface area contributed by atoms with Crippen LogP contribution in [0.4, 0.5) is 0 Å². The SMILES string of the molecule is Cc1ccccc1.O=C1C=CC(=O)N1. The van der Waals surface area contributed by atoms with Gasteiger partial charge in [0.1, 0.15) is 0 Å². The van der Waals surface area contributed by atoms with Crippen LogP contribution in [0.5, 0.6) is 0 Å². The van der Waals surface area contributed by atoms with Gasteiger partial charge in [-0.05, 0) is 6.92 Å². The molecule has 0 radical (unpaired) electrons. The molecule has 0 atom stereocenters. The molecule has 14 heavy (non-hydrogen) atoms. The molecule has 0 unspecified atom stereocenters. The van der Waals surface area contributed by atoms with E-state index in [1.54, 1.807) is 0 Å². The third-order valence-electron chi connectivity index (χ3n) is 1.57. The summed E-state index contributed by atoms with van der Waals surface area (Å²) < 4.78 is 0. The number of hydrogen-bond donors (Lipinski definition) is 1. The van der Waals surface area contributed by atoms with E-state index in [0.717, 1.165) is 0 Å². The molecule has 0 saturated heterocycles. The molecule has 3 nitrogen and oxygen atoms in total. The van der Waals surface area contributed by atoms with Gasteiger partial charge in [-0.1, -0.05) is 35.9 Å². The van der Waals surface area contributed by atoms with Gasteiger partial charge in [-0.3, -0.25) is 14.9 Å². The average Bonchev–Trinajstić information content (AvgIpc) is 2.52. The Morgan fingerprint density at radius 3 is 1.64 bits per heavy atom. The van der Waals surface area contributed by atoms with E-state index in [2.05, 4.69) is 19.1 Å². The number of hydrogen-bond acceptors (Lipinski definition) is 2. The standard InChI is InChI=1S/C7H8.C4H3NO2/c1-7-5-3-2-4-6-7;6-3-1-2-4(7)5-3/h2-6H,1H3;1-2H,(H,5,6,7). The Labute approximate surface area is 82.4 Å². The lowest BCUT2D eigenvalue weighted by Crippen LogP contribution is -2.19. The average molecular weight is 189 g/mol. The van der Waals surface area contributed by atoms with E-state index in [-0.39, 0.29) is 11.8 Å². The van der Waals surface area contributed by atoms with Gasteiger partial charge in [0, 0.05) is 12.2 Å². The minimum atomic E-state index is -0.329. The smallest absolute Gasteiger partial charge is 0.250 e. The molecule has 1 aliphatic heterocycles. The van der Waals surface area contributed by atoms with E-state index >= 15 is 0 Å². The van der Waals surface area contributed by atoms with Crippen LogP contribution in [-0.2, 0) is 9.59 Å². The van der Waals surface area contributed by atoms with Crippen LogP contribution in [0.1, 0.15) is 5.56 Å². The van der Waals surface area contributed by atoms with Gasteiger partial charge in [0.05, 0.1) is 0 Å². The zero-order valence-electron chi connectivity index (χ0n) is 7.86. The predicted molar refractivity (Wildman–Crippen MR) is 53.5 cm³/mol. The third-order valence-corrected chi connectivity index (χ3v) is 1.57. The molecule has 1 aliphatic rings. The highest BCUT2D eigenvalue weighted by molar-refractivity contribution is 6.12. The molecule has 72 valence electrons. The number of benzene rings is 1. The molecule has 1 aromatic carbocycles. The van der Waals surface area contributed by atoms with E-state index in [1.165, 1.54) is 17.7 Å². The van der Waals surface area contributed by atoms with Crippen LogP contribution < -0.4 is 5.32 Å². The Morgan fingerprint density at radius 2 is 1.43 bits per heavy atom. The molecule has 0 aliphatic carbocycles. The third kappa shape index (κ3) is 3.67. The van der Waals surface area contributed by atoms with Crippen molar-refractivity contribution in [2.24, 2.45) is 0 Å². The summed E-state index contributed by atoms with van der Waals surface area (Å²) in [5.41, 5.74) is 1.32. The summed E-state index contributed by atoms with van der Waals surface area (Å²) in [5, 5.41) is 2.03. The van der Waals surface area contributed by atoms with Crippen LogP contribution in [0.2, 0.25) is 0 Å². The highest BCUT2D eigenvalue weighted by atomic mass is 16.2. The van der Waals surface area contributed by atoms with E-state index < -0.39 is 0 Å². The first-order valence-electron chi connectivity index (χ1n) is 4.23. The molecule has 2 amide bonds. The van der Waals surface area contributed by atoms with Crippen LogP contribution >= 0.6 is 0 Å². The van der Waals surface area contributed by atoms with E-state index in [9.17, 15) is 9.59 Å². The maximum absolute atomic E-state index is 10.0. The molecule has 0 spiro atoms. The number of carbonyl (C=O) groups excluding carboxylic acids is 2. The highest BCUT2D eigenvalue weighted by Crippen LogP contribution is 1.92. The van der Waals surface area contributed by atoms with Gasteiger partial charge in [0.2, 0.25) is 0 Å². The predicted octanol–water partition coefficient (Wildman–Crippen LogP) is 1.19. The molecule has 2 rings (SSSR count). The number of carbonyl (C=O) groups is 2. The van der Waals surface area contributed by atoms with Crippen LogP contribution in [0, 0.1) is 6.92 Å². The van der Waals surface area contributed by atoms with E-state index in [4.69, 9.17) is 0 Å². The van der Waals surface area contributed by atoms with Crippen molar-refractivity contribution in [2.45, 2.75) is 6.92 Å². The van der Waals surface area contributed by atoms with Crippen molar-refractivity contribution < 1.29 is 9.59 Å². The molecular formula is C11H11NO2. The normalized spacial score (nSPS) is 13.2. The second-order valence-corrected chi connectivity index (χ2v) is 2.84. The Hall–Kier alpha value is -1.90. The van der Waals surface area contributed by atoms with Crippen LogP contribution in [0.15, 0.2) is 42.5 Å². The van der Waals surface area contributed by atoms with E-state index in [0.29, 0.717) is 0 Å². The van der Waals surface area contributed by atoms with Crippen molar-refractivity contribution in [3.63, 3.8) is 0 Å². The zero-order valence-corrected chi connectivity index (χ0v) is 7.86. The van der Waals surface area contributed by atoms with Crippen molar-refractivity contribution in [3.05, 3.63) is 48.0 Å². The summed E-state index contributed by atoms with van der Waals surface area (Å²) in [4.78, 5) is 20.1. The topological polar surface area (TPSA) is 46.2 Å². The molecule has 0 bridgehead atoms. The Bertz CT molecular complexity index is 339. The highest BCUT2D eigenvalue weighted by Gasteiger charge is 2.06. The summed E-state index contributed by atoms with van der Waals surface area (Å²) in [5.74, 6) is -0.657. The van der Waals surface area contributed by atoms with E-state index in [1.807, 2.05) is 23.5 Å². The van der Waals surface area contributed by atoms with Crippen molar-refractivity contribution in [1.82, 2.24) is 5.32 Å². The van der Waals surface area contributed by atoms with Gasteiger partial charge in [-0.15, -0.1) is 0 Å². The number of nitrogens with one attached hydrogen (secondary N) is 1. The fourth-order valence-electron chi connectivity index (χ4n) is 0.891. The lowest BCUT2D eigenvalue weighted by molar-refractivity contribution is -0.123. The quantitative estimate of drug-likeness (QED) is 0.623. The number of amides is 2. The molecule has 3 heteroatoms. The largest absolute Gasteiger partial charge is 0.289 e. The minimum Gasteiger partial charge on any atom is -0.289 e. The summed E-state index contributed by atoms with van der Waals surface area (Å²) in [6.07, 6.45) is 2.39. The number of imide groups is 1. The molecular weight excluding hydrogens is 178 g/mol. The molecule has 0 aromatic heterocycles. The van der Waals surface area contributed by atoms with Crippen LogP contribution in [-0.4, -0.2) is 11.8 Å². The summed E-state index contributed by atoms with van der Waals surface area (Å²) >= 11 is 0. The molecule has 1 aromatic rings. The van der Waals surface area contributed by atoms with Gasteiger partial charge in [0.25, 0.3) is 11.8 Å². The van der Waals surface area contributed by atoms with Gasteiger partial charge < -0.3 is 0 Å². The summed E-state index contributed by atoms with van der Waals surface area (Å²) in [6.45, 7) is 2.08. The van der Waals surface area contributed by atoms with Gasteiger partial charge >= 0.3 is 0 Å². The zero-order chi connectivity index (χ0) is 10.4. The van der Waals surface area contributed by atoms with Gasteiger partial charge in [0.15, 0.2) is 0 Å². The maximum atomic E-state index is 10.0. The van der Waals surface area contributed by atoms with Gasteiger partial charge in [-0.2, -0.15) is 0 Å². The van der Waals surface area contributed by atoms with Crippen molar-refractivity contribution in [1.29, 1.82) is 0 Å². The van der Waals surface area contributed by atoms with Gasteiger partial charge in [-0.25, -0.2) is 0 Å². The first-order chi connectivity index (χ1) is 6.68. The first-order valence-corrected chi connectivity index (χ1v) is 4.23. The lowest BCUT2D eigenvalue weighted by Gasteiger charge is -1.82. The van der Waals surface area contributed by atoms with Crippen LogP contribution in [0.25, 0.3) is 0 Å². The molecule has 0 saturated carbocycles. The van der Waals surface area contributed by atoms with Crippen molar-refractivity contribution >= 4 is 11.8 Å². The molecule has 0 fully saturated rings. The molecule has 1 N–H and O–H groups in total. The second kappa shape index (κ2) is 4.97. The molecule has 1 heterocycles. The number of rotatable bonds is 0. The van der Waals surface area contributed by atoms with Crippen LogP contribution in [0.3, 0.4) is 0 Å². The minimum absolute atomic E-state index is 0.329. The maximum Gasteiger partial charge on any atom is 0.250 e. The number of aryl methyl sites for hydroxylation is 1. The second-order valence-electron chi connectivity index (χ2n) is 2.84. The first kappa shape index (κ1) is 10.2. The monoisotopic (exact) mass is 189 g/mol. The Balaban J connectivity index is 0.000000140. The summed E-state index contributed by atoms with van der Waals surface area (Å²) in [7, 11) is 0. The Kier molecular flexibility index (Phi) is 3.61.